The van der Waals surface area contributed by atoms with Gasteiger partial charge < -0.3 is 9.67 Å². The van der Waals surface area contributed by atoms with Crippen LogP contribution in [0, 0.1) is 0 Å². The Morgan fingerprint density at radius 3 is 1.81 bits per heavy atom. The van der Waals surface area contributed by atoms with Gasteiger partial charge in [0.1, 0.15) is 11.6 Å². The maximum Gasteiger partial charge on any atom is 0.312 e. The van der Waals surface area contributed by atoms with Gasteiger partial charge in [-0.1, -0.05) is 96.1 Å². The molecule has 158 valence electrons. The third-order valence-electron chi connectivity index (χ3n) is 5.48. The molecule has 3 aromatic carbocycles. The van der Waals surface area contributed by atoms with Gasteiger partial charge in [-0.25, -0.2) is 4.98 Å². The lowest BCUT2D eigenvalue weighted by Crippen LogP contribution is -2.37. The molecule has 4 rings (SSSR count). The number of carboxylic acids is 1. The standard InChI is InChI=1S/C25H21N5O2/c26-29-28-23(24(31)32)16-22-17-30(18-27-22)25(19-10-4-1-5-11-19,20-12-6-2-7-13-20)21-14-8-3-9-15-21/h1-15,17-18,23H,16H2,(H,31,32)/t23-/m0/s1. The van der Waals surface area contributed by atoms with E-state index in [1.165, 1.54) is 0 Å². The molecule has 1 N–H and O–H groups in total. The summed E-state index contributed by atoms with van der Waals surface area (Å²) < 4.78 is 2.00. The van der Waals surface area contributed by atoms with Crippen LogP contribution in [-0.4, -0.2) is 26.7 Å². The molecule has 7 nitrogen and oxygen atoms in total. The van der Waals surface area contributed by atoms with E-state index < -0.39 is 17.6 Å². The minimum absolute atomic E-state index is 0.000836. The predicted molar refractivity (Wildman–Crippen MR) is 121 cm³/mol. The third kappa shape index (κ3) is 3.85. The number of carboxylic acid groups (broad SMARTS) is 1. The SMILES string of the molecule is [N-]=[N+]=N[C@@H](Cc1cn(C(c2ccccc2)(c2ccccc2)c2ccccc2)cn1)C(=O)O. The van der Waals surface area contributed by atoms with E-state index in [1.807, 2.05) is 65.4 Å². The van der Waals surface area contributed by atoms with E-state index in [9.17, 15) is 9.90 Å². The van der Waals surface area contributed by atoms with E-state index >= 15 is 0 Å². The molecule has 0 spiro atoms. The van der Waals surface area contributed by atoms with Gasteiger partial charge in [0.2, 0.25) is 0 Å². The lowest BCUT2D eigenvalue weighted by molar-refractivity contribution is -0.138. The van der Waals surface area contributed by atoms with Crippen molar-refractivity contribution in [1.82, 2.24) is 9.55 Å². The van der Waals surface area contributed by atoms with Crippen LogP contribution in [0.5, 0.6) is 0 Å². The average molecular weight is 423 g/mol. The number of rotatable bonds is 8. The number of hydrogen-bond acceptors (Lipinski definition) is 3. The van der Waals surface area contributed by atoms with Crippen molar-refractivity contribution in [2.24, 2.45) is 5.11 Å². The van der Waals surface area contributed by atoms with Gasteiger partial charge >= 0.3 is 5.97 Å². The van der Waals surface area contributed by atoms with Crippen molar-refractivity contribution in [3.63, 3.8) is 0 Å². The van der Waals surface area contributed by atoms with Gasteiger partial charge in [0.25, 0.3) is 0 Å². The molecule has 4 aromatic rings. The number of aliphatic carboxylic acids is 1. The van der Waals surface area contributed by atoms with Crippen LogP contribution in [0.25, 0.3) is 10.4 Å². The number of benzene rings is 3. The minimum Gasteiger partial charge on any atom is -0.481 e. The summed E-state index contributed by atoms with van der Waals surface area (Å²) in [6, 6.07) is 29.1. The number of imidazole rings is 1. The normalized spacial score (nSPS) is 12.0. The molecule has 0 unspecified atom stereocenters. The van der Waals surface area contributed by atoms with Crippen molar-refractivity contribution in [2.45, 2.75) is 18.0 Å². The molecule has 7 heteroatoms. The molecule has 1 aromatic heterocycles. The zero-order valence-corrected chi connectivity index (χ0v) is 17.2. The van der Waals surface area contributed by atoms with E-state index in [0.717, 1.165) is 16.7 Å². The molecular formula is C25H21N5O2. The van der Waals surface area contributed by atoms with Gasteiger partial charge in [-0.2, -0.15) is 0 Å². The zero-order valence-electron chi connectivity index (χ0n) is 17.2. The first-order valence-electron chi connectivity index (χ1n) is 10.1. The van der Waals surface area contributed by atoms with E-state index in [2.05, 4.69) is 51.4 Å². The molecule has 0 aliphatic carbocycles. The monoisotopic (exact) mass is 423 g/mol. The van der Waals surface area contributed by atoms with Crippen molar-refractivity contribution < 1.29 is 9.90 Å². The molecule has 1 atom stereocenters. The largest absolute Gasteiger partial charge is 0.481 e. The summed E-state index contributed by atoms with van der Waals surface area (Å²) in [5.41, 5.74) is 11.6. The Bertz CT molecular complexity index is 1130. The van der Waals surface area contributed by atoms with Crippen molar-refractivity contribution in [3.8, 4) is 0 Å². The maximum absolute atomic E-state index is 11.5. The Kier molecular flexibility index (Phi) is 6.01. The number of azide groups is 1. The quantitative estimate of drug-likeness (QED) is 0.186. The first-order chi connectivity index (χ1) is 15.7. The Morgan fingerprint density at radius 1 is 0.938 bits per heavy atom. The number of nitrogens with zero attached hydrogens (tertiary/aromatic N) is 5. The average Bonchev–Trinajstić information content (AvgIpc) is 3.30. The Morgan fingerprint density at radius 2 is 1.41 bits per heavy atom. The fourth-order valence-electron chi connectivity index (χ4n) is 4.08. The number of aromatic nitrogens is 2. The van der Waals surface area contributed by atoms with E-state index in [0.29, 0.717) is 5.69 Å². The summed E-state index contributed by atoms with van der Waals surface area (Å²) in [6.07, 6.45) is 3.54. The fourth-order valence-corrected chi connectivity index (χ4v) is 4.08. The van der Waals surface area contributed by atoms with Crippen LogP contribution in [0.2, 0.25) is 0 Å². The molecule has 32 heavy (non-hydrogen) atoms. The lowest BCUT2D eigenvalue weighted by atomic mass is 9.77. The van der Waals surface area contributed by atoms with E-state index in [1.54, 1.807) is 6.33 Å². The molecule has 0 aliphatic rings. The first-order valence-corrected chi connectivity index (χ1v) is 10.1. The van der Waals surface area contributed by atoms with Crippen LogP contribution in [0.4, 0.5) is 0 Å². The van der Waals surface area contributed by atoms with Crippen LogP contribution in [0.1, 0.15) is 22.4 Å². The minimum atomic E-state index is -1.22. The number of carbonyl (C=O) groups is 1. The lowest BCUT2D eigenvalue weighted by Gasteiger charge is -2.37. The van der Waals surface area contributed by atoms with Gasteiger partial charge in [0.05, 0.1) is 12.0 Å². The smallest absolute Gasteiger partial charge is 0.312 e. The van der Waals surface area contributed by atoms with Crippen LogP contribution in [0.3, 0.4) is 0 Å². The molecule has 1 heterocycles. The number of hydrogen-bond donors (Lipinski definition) is 1. The molecule has 0 aliphatic heterocycles. The van der Waals surface area contributed by atoms with Crippen molar-refractivity contribution in [3.05, 3.63) is 136 Å². The maximum atomic E-state index is 11.5. The Hall–Kier alpha value is -4.35. The fraction of sp³-hybridized carbons (Fsp3) is 0.120. The van der Waals surface area contributed by atoms with Crippen LogP contribution < -0.4 is 0 Å². The van der Waals surface area contributed by atoms with Gasteiger partial charge in [0, 0.05) is 17.5 Å². The molecular weight excluding hydrogens is 402 g/mol. The zero-order chi connectivity index (χ0) is 22.4. The summed E-state index contributed by atoms with van der Waals surface area (Å²) in [5.74, 6) is -1.18. The summed E-state index contributed by atoms with van der Waals surface area (Å²) in [7, 11) is 0. The first kappa shape index (κ1) is 20.9. The summed E-state index contributed by atoms with van der Waals surface area (Å²) in [6.45, 7) is 0. The van der Waals surface area contributed by atoms with Gasteiger partial charge in [0.15, 0.2) is 0 Å². The van der Waals surface area contributed by atoms with E-state index in [4.69, 9.17) is 5.53 Å². The Balaban J connectivity index is 1.94. The third-order valence-corrected chi connectivity index (χ3v) is 5.48. The second kappa shape index (κ2) is 9.20. The van der Waals surface area contributed by atoms with Gasteiger partial charge in [-0.05, 0) is 22.2 Å². The van der Waals surface area contributed by atoms with Crippen molar-refractivity contribution in [2.75, 3.05) is 0 Å². The highest BCUT2D eigenvalue weighted by atomic mass is 16.4. The van der Waals surface area contributed by atoms with Crippen LogP contribution in [0.15, 0.2) is 109 Å². The topological polar surface area (TPSA) is 104 Å². The highest BCUT2D eigenvalue weighted by Crippen LogP contribution is 2.40. The molecule has 0 fully saturated rings. The molecule has 0 radical (unpaired) electrons. The second-order valence-electron chi connectivity index (χ2n) is 7.34. The van der Waals surface area contributed by atoms with Crippen LogP contribution >= 0.6 is 0 Å². The van der Waals surface area contributed by atoms with Gasteiger partial charge in [-0.3, -0.25) is 4.79 Å². The summed E-state index contributed by atoms with van der Waals surface area (Å²) >= 11 is 0. The molecule has 0 saturated carbocycles. The molecule has 0 bridgehead atoms. The molecule has 0 saturated heterocycles. The predicted octanol–water partition coefficient (Wildman–Crippen LogP) is 5.03. The highest BCUT2D eigenvalue weighted by Gasteiger charge is 2.38. The second-order valence-corrected chi connectivity index (χ2v) is 7.34. The Labute approximate surface area is 185 Å². The molecule has 0 amide bonds. The van der Waals surface area contributed by atoms with Crippen molar-refractivity contribution >= 4 is 5.97 Å². The summed E-state index contributed by atoms with van der Waals surface area (Å²) in [5, 5.41) is 12.8. The van der Waals surface area contributed by atoms with Crippen molar-refractivity contribution in [1.29, 1.82) is 0 Å². The van der Waals surface area contributed by atoms with E-state index in [-0.39, 0.29) is 6.42 Å². The van der Waals surface area contributed by atoms with Gasteiger partial charge in [-0.15, -0.1) is 0 Å². The summed E-state index contributed by atoms with van der Waals surface area (Å²) in [4.78, 5) is 18.6. The van der Waals surface area contributed by atoms with Crippen LogP contribution in [-0.2, 0) is 16.8 Å². The highest BCUT2D eigenvalue weighted by molar-refractivity contribution is 5.74.